The van der Waals surface area contributed by atoms with E-state index in [0.717, 1.165) is 0 Å². The van der Waals surface area contributed by atoms with Crippen LogP contribution in [0.3, 0.4) is 0 Å². The zero-order valence-electron chi connectivity index (χ0n) is 22.5. The highest BCUT2D eigenvalue weighted by molar-refractivity contribution is 5.87. The van der Waals surface area contributed by atoms with Crippen molar-refractivity contribution in [1.82, 2.24) is 16.0 Å². The Hall–Kier alpha value is -3.83. The van der Waals surface area contributed by atoms with Gasteiger partial charge in [-0.3, -0.25) is 4.79 Å². The van der Waals surface area contributed by atoms with E-state index in [1.54, 1.807) is 20.8 Å². The fourth-order valence-electron chi connectivity index (χ4n) is 2.80. The molecule has 0 fully saturated rings. The summed E-state index contributed by atoms with van der Waals surface area (Å²) >= 11 is 0. The average molecular weight is 540 g/mol. The van der Waals surface area contributed by atoms with Crippen LogP contribution in [-0.2, 0) is 33.3 Å². The van der Waals surface area contributed by atoms with Crippen molar-refractivity contribution in [3.05, 3.63) is 38.0 Å². The normalized spacial score (nSPS) is 12.1. The molecule has 3 N–H and O–H groups in total. The Kier molecular flexibility index (Phi) is 17.4. The van der Waals surface area contributed by atoms with Gasteiger partial charge in [0.25, 0.3) is 0 Å². The van der Waals surface area contributed by atoms with Gasteiger partial charge in [0, 0.05) is 13.0 Å². The summed E-state index contributed by atoms with van der Waals surface area (Å²) in [6.45, 7) is 15.8. The smallest absolute Gasteiger partial charge is 0.407 e. The molecule has 0 radical (unpaired) electrons. The zero-order valence-corrected chi connectivity index (χ0v) is 22.5. The van der Waals surface area contributed by atoms with Crippen LogP contribution in [0.25, 0.3) is 0 Å². The van der Waals surface area contributed by atoms with Crippen LogP contribution < -0.4 is 16.0 Å². The molecule has 0 aliphatic heterocycles. The molecule has 12 heteroatoms. The van der Waals surface area contributed by atoms with E-state index in [4.69, 9.17) is 18.9 Å². The Morgan fingerprint density at radius 2 is 1.26 bits per heavy atom. The second kappa shape index (κ2) is 19.3. The van der Waals surface area contributed by atoms with Crippen molar-refractivity contribution in [3.63, 3.8) is 0 Å². The van der Waals surface area contributed by atoms with Crippen LogP contribution in [-0.4, -0.2) is 74.1 Å². The third kappa shape index (κ3) is 17.6. The van der Waals surface area contributed by atoms with Gasteiger partial charge in [0.1, 0.15) is 37.5 Å². The molecular formula is C26H41N3O9. The van der Waals surface area contributed by atoms with Gasteiger partial charge in [-0.15, -0.1) is 0 Å². The average Bonchev–Trinajstić information content (AvgIpc) is 2.84. The molecule has 3 amide bonds. The molecule has 0 heterocycles. The van der Waals surface area contributed by atoms with Crippen molar-refractivity contribution in [1.29, 1.82) is 0 Å². The van der Waals surface area contributed by atoms with Crippen molar-refractivity contribution in [2.24, 2.45) is 0 Å². The number of hydrogen-bond acceptors (Lipinski definition) is 9. The Balaban J connectivity index is 5.05. The van der Waals surface area contributed by atoms with Crippen LogP contribution >= 0.6 is 0 Å². The van der Waals surface area contributed by atoms with Crippen molar-refractivity contribution in [3.8, 4) is 0 Å². The minimum absolute atomic E-state index is 0.0140. The van der Waals surface area contributed by atoms with Gasteiger partial charge in [0.15, 0.2) is 0 Å². The van der Waals surface area contributed by atoms with Crippen molar-refractivity contribution < 1.29 is 42.9 Å². The van der Waals surface area contributed by atoms with Crippen molar-refractivity contribution in [2.75, 3.05) is 26.4 Å². The molecule has 0 aromatic heterocycles. The predicted molar refractivity (Wildman–Crippen MR) is 140 cm³/mol. The quantitative estimate of drug-likeness (QED) is 0.103. The monoisotopic (exact) mass is 539 g/mol. The number of unbranched alkanes of at least 4 members (excludes halogenated alkanes) is 1. The molecule has 0 saturated heterocycles. The first-order valence-electron chi connectivity index (χ1n) is 12.3. The van der Waals surface area contributed by atoms with Crippen LogP contribution in [0.15, 0.2) is 38.0 Å². The van der Waals surface area contributed by atoms with Gasteiger partial charge >= 0.3 is 30.0 Å². The lowest BCUT2D eigenvalue weighted by atomic mass is 10.1. The van der Waals surface area contributed by atoms with Crippen LogP contribution in [0, 0.1) is 0 Å². The molecule has 12 nitrogen and oxygen atoms in total. The summed E-state index contributed by atoms with van der Waals surface area (Å²) in [6.07, 6.45) is 4.46. The second-order valence-corrected chi connectivity index (χ2v) is 9.00. The molecular weight excluding hydrogens is 498 g/mol. The SMILES string of the molecule is C=CCOC(=O)CCC(NC(=O)NC(CCCCNC(=O)OC(C)(C)C)C(=O)OCC=C)C(=O)OCC=C. The predicted octanol–water partition coefficient (Wildman–Crippen LogP) is 2.69. The summed E-state index contributed by atoms with van der Waals surface area (Å²) in [4.78, 5) is 61.1. The molecule has 0 aromatic carbocycles. The number of ether oxygens (including phenoxy) is 4. The molecule has 0 bridgehead atoms. The summed E-state index contributed by atoms with van der Waals surface area (Å²) in [5, 5.41) is 7.54. The van der Waals surface area contributed by atoms with Gasteiger partial charge in [-0.1, -0.05) is 38.0 Å². The lowest BCUT2D eigenvalue weighted by Crippen LogP contribution is -2.52. The number of esters is 3. The lowest BCUT2D eigenvalue weighted by molar-refractivity contribution is -0.146. The maximum Gasteiger partial charge on any atom is 0.407 e. The minimum Gasteiger partial charge on any atom is -0.461 e. The molecule has 0 rings (SSSR count). The van der Waals surface area contributed by atoms with Gasteiger partial charge < -0.3 is 34.9 Å². The molecule has 0 saturated carbocycles. The van der Waals surface area contributed by atoms with Crippen molar-refractivity contribution >= 4 is 30.0 Å². The molecule has 0 aromatic rings. The summed E-state index contributed by atoms with van der Waals surface area (Å²) in [5.74, 6) is -2.06. The molecule has 38 heavy (non-hydrogen) atoms. The Labute approximate surface area is 224 Å². The number of carbonyl (C=O) groups is 5. The highest BCUT2D eigenvalue weighted by atomic mass is 16.6. The van der Waals surface area contributed by atoms with E-state index in [1.165, 1.54) is 18.2 Å². The summed E-state index contributed by atoms with van der Waals surface area (Å²) in [6, 6.07) is -3.06. The number of carbonyl (C=O) groups excluding carboxylic acids is 5. The Morgan fingerprint density at radius 1 is 0.763 bits per heavy atom. The first-order chi connectivity index (χ1) is 17.9. The van der Waals surface area contributed by atoms with Gasteiger partial charge in [-0.25, -0.2) is 19.2 Å². The summed E-state index contributed by atoms with van der Waals surface area (Å²) in [7, 11) is 0. The van der Waals surface area contributed by atoms with E-state index in [9.17, 15) is 24.0 Å². The number of amides is 3. The number of nitrogens with one attached hydrogen (secondary N) is 3. The number of urea groups is 1. The molecule has 2 unspecified atom stereocenters. The van der Waals surface area contributed by atoms with E-state index >= 15 is 0 Å². The van der Waals surface area contributed by atoms with E-state index in [1.807, 2.05) is 0 Å². The van der Waals surface area contributed by atoms with E-state index in [2.05, 4.69) is 35.7 Å². The Morgan fingerprint density at radius 3 is 1.76 bits per heavy atom. The zero-order chi connectivity index (χ0) is 29.0. The second-order valence-electron chi connectivity index (χ2n) is 9.00. The van der Waals surface area contributed by atoms with Crippen LogP contribution in [0.4, 0.5) is 9.59 Å². The van der Waals surface area contributed by atoms with Crippen LogP contribution in [0.5, 0.6) is 0 Å². The fourth-order valence-corrected chi connectivity index (χ4v) is 2.80. The number of rotatable bonds is 18. The van der Waals surface area contributed by atoms with Crippen LogP contribution in [0.1, 0.15) is 52.9 Å². The van der Waals surface area contributed by atoms with E-state index < -0.39 is 47.7 Å². The molecule has 0 aliphatic rings. The molecule has 2 atom stereocenters. The van der Waals surface area contributed by atoms with E-state index in [-0.39, 0.29) is 39.1 Å². The van der Waals surface area contributed by atoms with Gasteiger partial charge in [-0.2, -0.15) is 0 Å². The Bertz CT molecular complexity index is 821. The lowest BCUT2D eigenvalue weighted by Gasteiger charge is -2.21. The maximum absolute atomic E-state index is 12.7. The molecule has 0 spiro atoms. The number of alkyl carbamates (subject to hydrolysis) is 1. The van der Waals surface area contributed by atoms with E-state index in [0.29, 0.717) is 19.4 Å². The summed E-state index contributed by atoms with van der Waals surface area (Å²) < 4.78 is 20.1. The maximum atomic E-state index is 12.7. The summed E-state index contributed by atoms with van der Waals surface area (Å²) in [5.41, 5.74) is -0.622. The first-order valence-corrected chi connectivity index (χ1v) is 12.3. The third-order valence-electron chi connectivity index (χ3n) is 4.45. The topological polar surface area (TPSA) is 158 Å². The molecule has 0 aliphatic carbocycles. The number of hydrogen-bond donors (Lipinski definition) is 3. The highest BCUT2D eigenvalue weighted by Gasteiger charge is 2.27. The molecule has 214 valence electrons. The van der Waals surface area contributed by atoms with Crippen molar-refractivity contribution in [2.45, 2.75) is 70.6 Å². The third-order valence-corrected chi connectivity index (χ3v) is 4.45. The first kappa shape index (κ1) is 34.2. The van der Waals surface area contributed by atoms with Crippen LogP contribution in [0.2, 0.25) is 0 Å². The van der Waals surface area contributed by atoms with Gasteiger partial charge in [-0.05, 0) is 46.5 Å². The largest absolute Gasteiger partial charge is 0.461 e. The van der Waals surface area contributed by atoms with Gasteiger partial charge in [0.2, 0.25) is 0 Å². The highest BCUT2D eigenvalue weighted by Crippen LogP contribution is 2.08. The standard InChI is InChI=1S/C26H41N3O9/c1-7-16-35-21(30)14-13-20(23(32)37-18-9-3)29-24(33)28-19(22(31)36-17-8-2)12-10-11-15-27-25(34)38-26(4,5)6/h7-9,19-20H,1-3,10-18H2,4-6H3,(H,27,34)(H2,28,29,33). The minimum atomic E-state index is -1.19. The van der Waals surface area contributed by atoms with Gasteiger partial charge in [0.05, 0.1) is 0 Å². The fraction of sp³-hybridized carbons (Fsp3) is 0.577.